The summed E-state index contributed by atoms with van der Waals surface area (Å²) < 4.78 is 48.4. The summed E-state index contributed by atoms with van der Waals surface area (Å²) in [6.45, 7) is -0.188. The molecule has 1 aromatic heterocycles. The number of halogens is 1. The van der Waals surface area contributed by atoms with Gasteiger partial charge in [-0.15, -0.1) is 0 Å². The molecule has 3 aliphatic rings. The van der Waals surface area contributed by atoms with Crippen LogP contribution in [0.5, 0.6) is 0 Å². The molecular weight excluding hydrogens is 677 g/mol. The number of aromatic nitrogens is 2. The van der Waals surface area contributed by atoms with Crippen LogP contribution in [0.3, 0.4) is 0 Å². The zero-order valence-corrected chi connectivity index (χ0v) is 28.6. The number of carbonyl (C=O) groups excluding carboxylic acids is 4. The predicted molar refractivity (Wildman–Crippen MR) is 186 cm³/mol. The van der Waals surface area contributed by atoms with Crippen LogP contribution < -0.4 is 10.0 Å². The van der Waals surface area contributed by atoms with E-state index in [1.165, 1.54) is 23.2 Å². The number of likely N-dealkylation sites (tertiary alicyclic amines) is 1. The van der Waals surface area contributed by atoms with Gasteiger partial charge in [0, 0.05) is 17.4 Å². The second-order valence-electron chi connectivity index (χ2n) is 13.5. The lowest BCUT2D eigenvalue weighted by Gasteiger charge is -2.40. The van der Waals surface area contributed by atoms with E-state index in [9.17, 15) is 27.6 Å². The first-order valence-electron chi connectivity index (χ1n) is 17.2. The average molecular weight is 716 g/mol. The van der Waals surface area contributed by atoms with Crippen LogP contribution in [0.4, 0.5) is 14.9 Å². The van der Waals surface area contributed by atoms with Crippen molar-refractivity contribution in [2.45, 2.75) is 80.9 Å². The number of ether oxygens (including phenoxy) is 1. The smallest absolute Gasteiger partial charge is 0.435 e. The molecule has 1 aliphatic heterocycles. The summed E-state index contributed by atoms with van der Waals surface area (Å²) in [5.41, 5.74) is 1.29. The van der Waals surface area contributed by atoms with Crippen LogP contribution in [0, 0.1) is 0 Å². The average Bonchev–Trinajstić information content (AvgIpc) is 3.81. The van der Waals surface area contributed by atoms with Gasteiger partial charge in [0.25, 0.3) is 5.91 Å². The third-order valence-corrected chi connectivity index (χ3v) is 11.9. The van der Waals surface area contributed by atoms with Crippen LogP contribution in [-0.2, 0) is 36.4 Å². The Bertz CT molecular complexity index is 2080. The largest absolute Gasteiger partial charge is 0.443 e. The van der Waals surface area contributed by atoms with E-state index in [4.69, 9.17) is 4.74 Å². The van der Waals surface area contributed by atoms with Gasteiger partial charge >= 0.3 is 6.09 Å². The van der Waals surface area contributed by atoms with E-state index in [-0.39, 0.29) is 31.0 Å². The van der Waals surface area contributed by atoms with Crippen molar-refractivity contribution in [3.05, 3.63) is 95.7 Å². The first-order chi connectivity index (χ1) is 24.6. The molecule has 14 heteroatoms. The molecular formula is C37H38FN5O7S. The van der Waals surface area contributed by atoms with Gasteiger partial charge in [-0.2, -0.15) is 9.78 Å². The van der Waals surface area contributed by atoms with E-state index in [0.717, 1.165) is 29.5 Å². The number of rotatable bonds is 9. The van der Waals surface area contributed by atoms with E-state index in [2.05, 4.69) is 15.1 Å². The maximum absolute atomic E-state index is 15.1. The van der Waals surface area contributed by atoms with Crippen LogP contribution in [-0.4, -0.2) is 70.9 Å². The molecule has 2 atom stereocenters. The van der Waals surface area contributed by atoms with Gasteiger partial charge in [0.2, 0.25) is 21.8 Å². The molecule has 3 aromatic carbocycles. The molecule has 0 radical (unpaired) electrons. The minimum absolute atomic E-state index is 0.0546. The Kier molecular flexibility index (Phi) is 9.36. The summed E-state index contributed by atoms with van der Waals surface area (Å²) in [6.07, 6.45) is 3.57. The Morgan fingerprint density at radius 1 is 0.922 bits per heavy atom. The number of anilines is 1. The van der Waals surface area contributed by atoms with Crippen LogP contribution >= 0.6 is 0 Å². The molecule has 51 heavy (non-hydrogen) atoms. The first kappa shape index (κ1) is 34.3. The van der Waals surface area contributed by atoms with E-state index in [0.29, 0.717) is 47.8 Å². The van der Waals surface area contributed by atoms with Crippen molar-refractivity contribution in [2.75, 3.05) is 11.9 Å². The van der Waals surface area contributed by atoms with E-state index in [1.54, 1.807) is 30.3 Å². The quantitative estimate of drug-likeness (QED) is 0.239. The number of sulfonamides is 1. The molecule has 1 saturated heterocycles. The Morgan fingerprint density at radius 2 is 1.65 bits per heavy atom. The molecule has 2 N–H and O–H groups in total. The Labute approximate surface area is 294 Å². The number of nitrogens with one attached hydrogen (secondary N) is 2. The van der Waals surface area contributed by atoms with Crippen molar-refractivity contribution >= 4 is 50.4 Å². The summed E-state index contributed by atoms with van der Waals surface area (Å²) >= 11 is 0. The monoisotopic (exact) mass is 715 g/mol. The van der Waals surface area contributed by atoms with Crippen molar-refractivity contribution in [2.24, 2.45) is 0 Å². The molecule has 2 aliphatic carbocycles. The van der Waals surface area contributed by atoms with Gasteiger partial charge in [0.15, 0.2) is 0 Å². The van der Waals surface area contributed by atoms with Crippen molar-refractivity contribution in [3.8, 4) is 0 Å². The molecule has 12 nitrogen and oxygen atoms in total. The topological polar surface area (TPSA) is 157 Å². The summed E-state index contributed by atoms with van der Waals surface area (Å²) in [6, 6.07) is 19.4. The first-order valence-corrected chi connectivity index (χ1v) is 18.7. The predicted octanol–water partition coefficient (Wildman–Crippen LogP) is 5.22. The summed E-state index contributed by atoms with van der Waals surface area (Å²) in [7, 11) is -3.73. The number of hydrogen-bond donors (Lipinski definition) is 2. The Morgan fingerprint density at radius 3 is 2.35 bits per heavy atom. The maximum Gasteiger partial charge on any atom is 0.435 e. The number of amides is 3. The van der Waals surface area contributed by atoms with Gasteiger partial charge in [-0.1, -0.05) is 67.8 Å². The Balaban J connectivity index is 1.09. The molecule has 3 fully saturated rings. The third kappa shape index (κ3) is 6.96. The summed E-state index contributed by atoms with van der Waals surface area (Å²) in [4.78, 5) is 55.3. The second kappa shape index (κ2) is 13.9. The standard InChI is InChI=1S/C37H38FN5O7S/c38-27-20-32(34(45)40-30-10-7-11-31-29(30)21-39-43(31)36(47)50-23-24-8-3-1-4-9-24)42(22-27)35(46)37(18-5-2-6-19-37)26-14-12-25(13-15-26)33(44)41-51(48,49)28-16-17-28/h1,3-4,7-15,21,27-28,32H,2,5-6,16-20,22-23H2,(H,40,45)(H,41,44)/t27-,32-/m1/s1. The van der Waals surface area contributed by atoms with E-state index in [1.807, 2.05) is 30.3 Å². The number of fused-ring (bicyclic) bond motifs is 1. The molecule has 0 spiro atoms. The van der Waals surface area contributed by atoms with Crippen molar-refractivity contribution in [3.63, 3.8) is 0 Å². The molecule has 4 aromatic rings. The van der Waals surface area contributed by atoms with Gasteiger partial charge < -0.3 is 15.0 Å². The normalized spacial score (nSPS) is 20.1. The fourth-order valence-electron chi connectivity index (χ4n) is 7.21. The van der Waals surface area contributed by atoms with Gasteiger partial charge in [-0.3, -0.25) is 14.4 Å². The highest BCUT2D eigenvalue weighted by molar-refractivity contribution is 7.91. The van der Waals surface area contributed by atoms with Gasteiger partial charge in [0.1, 0.15) is 18.8 Å². The molecule has 2 heterocycles. The molecule has 266 valence electrons. The molecule has 0 bridgehead atoms. The summed E-state index contributed by atoms with van der Waals surface area (Å²) in [5, 5.41) is 6.96. The van der Waals surface area contributed by atoms with Crippen LogP contribution in [0.2, 0.25) is 0 Å². The molecule has 0 unspecified atom stereocenters. The lowest BCUT2D eigenvalue weighted by molar-refractivity contribution is -0.143. The molecule has 7 rings (SSSR count). The summed E-state index contributed by atoms with van der Waals surface area (Å²) in [5.74, 6) is -1.66. The van der Waals surface area contributed by atoms with Crippen LogP contribution in [0.25, 0.3) is 10.9 Å². The lowest BCUT2D eigenvalue weighted by Crippen LogP contribution is -2.52. The van der Waals surface area contributed by atoms with E-state index < -0.39 is 50.8 Å². The maximum atomic E-state index is 15.1. The van der Waals surface area contributed by atoms with Crippen molar-refractivity contribution in [1.82, 2.24) is 19.4 Å². The van der Waals surface area contributed by atoms with Gasteiger partial charge in [0.05, 0.1) is 34.6 Å². The number of alkyl halides is 1. The zero-order chi connectivity index (χ0) is 35.8. The van der Waals surface area contributed by atoms with Crippen molar-refractivity contribution < 1.29 is 36.7 Å². The van der Waals surface area contributed by atoms with Crippen LogP contribution in [0.1, 0.15) is 72.9 Å². The third-order valence-electron chi connectivity index (χ3n) is 10.1. The van der Waals surface area contributed by atoms with Crippen molar-refractivity contribution in [1.29, 1.82) is 0 Å². The fraction of sp³-hybridized carbons (Fsp3) is 0.378. The highest BCUT2D eigenvalue weighted by Gasteiger charge is 2.49. The number of benzene rings is 3. The zero-order valence-electron chi connectivity index (χ0n) is 27.8. The number of hydrogen-bond acceptors (Lipinski definition) is 8. The van der Waals surface area contributed by atoms with Crippen LogP contribution in [0.15, 0.2) is 79.0 Å². The fourth-order valence-corrected chi connectivity index (χ4v) is 8.51. The second-order valence-corrected chi connectivity index (χ2v) is 15.5. The highest BCUT2D eigenvalue weighted by atomic mass is 32.2. The minimum atomic E-state index is -3.73. The molecule has 3 amide bonds. The SMILES string of the molecule is O=C(NS(=O)(=O)C1CC1)c1ccc(C2(C(=O)N3C[C@H](F)C[C@@H]3C(=O)Nc3cccc4c3cnn4C(=O)OCc3ccccc3)CCCCC2)cc1. The number of carbonyl (C=O) groups is 4. The molecule has 2 saturated carbocycles. The number of nitrogens with zero attached hydrogens (tertiary/aromatic N) is 3. The van der Waals surface area contributed by atoms with Gasteiger partial charge in [-0.05, 0) is 61.1 Å². The minimum Gasteiger partial charge on any atom is -0.443 e. The Hall–Kier alpha value is -5.11. The lowest BCUT2D eigenvalue weighted by atomic mass is 9.68. The van der Waals surface area contributed by atoms with Gasteiger partial charge in [-0.25, -0.2) is 22.3 Å². The highest BCUT2D eigenvalue weighted by Crippen LogP contribution is 2.43. The van der Waals surface area contributed by atoms with E-state index >= 15 is 4.39 Å².